The van der Waals surface area contributed by atoms with Crippen molar-refractivity contribution in [2.75, 3.05) is 5.32 Å². The standard InChI is InChI=1S/C15H15N3O/c19-15(14-8-10-1-2-11(14)7-10)17-12-4-6-18-13(9-12)3-5-16-18/h1-6,9-11,14H,7-8H2,(H,17,19). The average Bonchev–Trinajstić information content (AvgIpc) is 3.13. The van der Waals surface area contributed by atoms with Gasteiger partial charge in [-0.1, -0.05) is 12.2 Å². The van der Waals surface area contributed by atoms with Gasteiger partial charge in [0.05, 0.1) is 5.52 Å². The van der Waals surface area contributed by atoms with Crippen LogP contribution in [0.1, 0.15) is 12.8 Å². The topological polar surface area (TPSA) is 46.4 Å². The number of anilines is 1. The fourth-order valence-electron chi connectivity index (χ4n) is 3.32. The monoisotopic (exact) mass is 253 g/mol. The Bertz CT molecular complexity index is 673. The molecule has 2 heterocycles. The van der Waals surface area contributed by atoms with Crippen LogP contribution >= 0.6 is 0 Å². The molecule has 3 atom stereocenters. The highest BCUT2D eigenvalue weighted by Crippen LogP contribution is 2.43. The summed E-state index contributed by atoms with van der Waals surface area (Å²) in [5, 5.41) is 7.18. The molecular formula is C15H15N3O. The molecule has 19 heavy (non-hydrogen) atoms. The summed E-state index contributed by atoms with van der Waals surface area (Å²) in [7, 11) is 0. The van der Waals surface area contributed by atoms with E-state index in [2.05, 4.69) is 22.6 Å². The molecule has 2 bridgehead atoms. The van der Waals surface area contributed by atoms with Gasteiger partial charge in [0.15, 0.2) is 0 Å². The Balaban J connectivity index is 1.54. The number of rotatable bonds is 2. The molecule has 1 fully saturated rings. The number of fused-ring (bicyclic) bond motifs is 3. The fraction of sp³-hybridized carbons (Fsp3) is 0.333. The molecule has 3 unspecified atom stereocenters. The van der Waals surface area contributed by atoms with E-state index in [9.17, 15) is 4.79 Å². The van der Waals surface area contributed by atoms with Gasteiger partial charge in [-0.3, -0.25) is 4.79 Å². The Labute approximate surface area is 111 Å². The minimum absolute atomic E-state index is 0.149. The molecule has 2 aliphatic carbocycles. The van der Waals surface area contributed by atoms with Crippen LogP contribution in [0.5, 0.6) is 0 Å². The Morgan fingerprint density at radius 3 is 3.05 bits per heavy atom. The van der Waals surface area contributed by atoms with Crippen LogP contribution in [0.25, 0.3) is 5.52 Å². The van der Waals surface area contributed by atoms with Crippen molar-refractivity contribution in [3.8, 4) is 0 Å². The fourth-order valence-corrected chi connectivity index (χ4v) is 3.32. The van der Waals surface area contributed by atoms with Crippen molar-refractivity contribution in [3.63, 3.8) is 0 Å². The van der Waals surface area contributed by atoms with Crippen LogP contribution in [0.15, 0.2) is 42.7 Å². The van der Waals surface area contributed by atoms with E-state index in [1.165, 1.54) is 0 Å². The van der Waals surface area contributed by atoms with Gasteiger partial charge in [0.1, 0.15) is 0 Å². The molecule has 2 aliphatic rings. The molecule has 0 saturated heterocycles. The van der Waals surface area contributed by atoms with Crippen LogP contribution in [0.4, 0.5) is 5.69 Å². The number of carbonyl (C=O) groups excluding carboxylic acids is 1. The first-order chi connectivity index (χ1) is 9.29. The summed E-state index contributed by atoms with van der Waals surface area (Å²) in [5.74, 6) is 1.37. The molecule has 2 aromatic rings. The third kappa shape index (κ3) is 1.75. The van der Waals surface area contributed by atoms with Crippen LogP contribution in [-0.2, 0) is 4.79 Å². The number of nitrogens with one attached hydrogen (secondary N) is 1. The van der Waals surface area contributed by atoms with E-state index < -0.39 is 0 Å². The molecule has 1 saturated carbocycles. The number of hydrogen-bond acceptors (Lipinski definition) is 2. The first-order valence-corrected chi connectivity index (χ1v) is 6.72. The van der Waals surface area contributed by atoms with Gasteiger partial charge in [-0.15, -0.1) is 0 Å². The number of allylic oxidation sites excluding steroid dienone is 2. The minimum Gasteiger partial charge on any atom is -0.326 e. The smallest absolute Gasteiger partial charge is 0.228 e. The van der Waals surface area contributed by atoms with Gasteiger partial charge in [0, 0.05) is 24.0 Å². The maximum Gasteiger partial charge on any atom is 0.228 e. The second kappa shape index (κ2) is 3.95. The highest BCUT2D eigenvalue weighted by atomic mass is 16.1. The van der Waals surface area contributed by atoms with E-state index in [4.69, 9.17) is 0 Å². The van der Waals surface area contributed by atoms with Crippen molar-refractivity contribution >= 4 is 17.1 Å². The highest BCUT2D eigenvalue weighted by molar-refractivity contribution is 5.93. The van der Waals surface area contributed by atoms with Crippen molar-refractivity contribution in [2.45, 2.75) is 12.8 Å². The summed E-state index contributed by atoms with van der Waals surface area (Å²) in [6, 6.07) is 5.77. The molecule has 0 aliphatic heterocycles. The van der Waals surface area contributed by atoms with Crippen LogP contribution in [0.2, 0.25) is 0 Å². The van der Waals surface area contributed by atoms with Gasteiger partial charge in [-0.2, -0.15) is 5.10 Å². The molecule has 1 N–H and O–H groups in total. The summed E-state index contributed by atoms with van der Waals surface area (Å²) in [4.78, 5) is 12.3. The molecule has 0 aromatic carbocycles. The predicted octanol–water partition coefficient (Wildman–Crippen LogP) is 2.49. The third-order valence-electron chi connectivity index (χ3n) is 4.28. The maximum absolute atomic E-state index is 12.3. The van der Waals surface area contributed by atoms with Gasteiger partial charge >= 0.3 is 0 Å². The second-order valence-corrected chi connectivity index (χ2v) is 5.49. The molecule has 1 amide bonds. The van der Waals surface area contributed by atoms with E-state index in [0.29, 0.717) is 11.8 Å². The van der Waals surface area contributed by atoms with Crippen LogP contribution < -0.4 is 5.32 Å². The van der Waals surface area contributed by atoms with Crippen LogP contribution in [0, 0.1) is 17.8 Å². The second-order valence-electron chi connectivity index (χ2n) is 5.49. The number of aromatic nitrogens is 2. The van der Waals surface area contributed by atoms with E-state index in [0.717, 1.165) is 24.0 Å². The van der Waals surface area contributed by atoms with Gasteiger partial charge in [-0.05, 0) is 42.9 Å². The minimum atomic E-state index is 0.149. The Hall–Kier alpha value is -2.10. The zero-order chi connectivity index (χ0) is 12.8. The normalized spacial score (nSPS) is 28.1. The highest BCUT2D eigenvalue weighted by Gasteiger charge is 2.39. The average molecular weight is 253 g/mol. The van der Waals surface area contributed by atoms with Crippen molar-refractivity contribution < 1.29 is 4.79 Å². The summed E-state index contributed by atoms with van der Waals surface area (Å²) >= 11 is 0. The van der Waals surface area contributed by atoms with Crippen molar-refractivity contribution in [1.29, 1.82) is 0 Å². The lowest BCUT2D eigenvalue weighted by Gasteiger charge is -2.17. The molecule has 4 rings (SSSR count). The van der Waals surface area contributed by atoms with Crippen molar-refractivity contribution in [2.24, 2.45) is 17.8 Å². The third-order valence-corrected chi connectivity index (χ3v) is 4.28. The lowest BCUT2D eigenvalue weighted by atomic mass is 9.93. The number of carbonyl (C=O) groups is 1. The lowest BCUT2D eigenvalue weighted by Crippen LogP contribution is -2.25. The van der Waals surface area contributed by atoms with E-state index in [-0.39, 0.29) is 11.8 Å². The van der Waals surface area contributed by atoms with E-state index in [1.807, 2.05) is 24.4 Å². The van der Waals surface area contributed by atoms with Gasteiger partial charge in [-0.25, -0.2) is 4.52 Å². The molecule has 4 heteroatoms. The first kappa shape index (κ1) is 10.8. The summed E-state index contributed by atoms with van der Waals surface area (Å²) in [5.41, 5.74) is 1.84. The Morgan fingerprint density at radius 2 is 2.26 bits per heavy atom. The molecule has 96 valence electrons. The summed E-state index contributed by atoms with van der Waals surface area (Å²) < 4.78 is 1.79. The molecular weight excluding hydrogens is 238 g/mol. The Morgan fingerprint density at radius 1 is 1.32 bits per heavy atom. The molecule has 0 spiro atoms. The zero-order valence-corrected chi connectivity index (χ0v) is 10.5. The molecule has 4 nitrogen and oxygen atoms in total. The largest absolute Gasteiger partial charge is 0.326 e. The summed E-state index contributed by atoms with van der Waals surface area (Å²) in [6.45, 7) is 0. The first-order valence-electron chi connectivity index (χ1n) is 6.72. The maximum atomic E-state index is 12.3. The summed E-state index contributed by atoms with van der Waals surface area (Å²) in [6.07, 6.45) is 10.2. The van der Waals surface area contributed by atoms with Crippen LogP contribution in [0.3, 0.4) is 0 Å². The van der Waals surface area contributed by atoms with Crippen LogP contribution in [-0.4, -0.2) is 15.5 Å². The van der Waals surface area contributed by atoms with Gasteiger partial charge in [0.2, 0.25) is 5.91 Å². The van der Waals surface area contributed by atoms with E-state index >= 15 is 0 Å². The number of pyridine rings is 1. The van der Waals surface area contributed by atoms with Crippen molar-refractivity contribution in [1.82, 2.24) is 9.61 Å². The number of hydrogen-bond donors (Lipinski definition) is 1. The van der Waals surface area contributed by atoms with E-state index in [1.54, 1.807) is 10.7 Å². The predicted molar refractivity (Wildman–Crippen MR) is 72.7 cm³/mol. The molecule has 0 radical (unpaired) electrons. The number of nitrogens with zero attached hydrogens (tertiary/aromatic N) is 2. The SMILES string of the molecule is O=C(Nc1ccn2nccc2c1)C1CC2C=CC1C2. The Kier molecular flexibility index (Phi) is 2.24. The van der Waals surface area contributed by atoms with Crippen molar-refractivity contribution in [3.05, 3.63) is 42.7 Å². The van der Waals surface area contributed by atoms with Gasteiger partial charge < -0.3 is 5.32 Å². The lowest BCUT2D eigenvalue weighted by molar-refractivity contribution is -0.120. The zero-order valence-electron chi connectivity index (χ0n) is 10.5. The molecule has 2 aromatic heterocycles. The number of amides is 1. The quantitative estimate of drug-likeness (QED) is 0.836. The van der Waals surface area contributed by atoms with Gasteiger partial charge in [0.25, 0.3) is 0 Å².